The van der Waals surface area contributed by atoms with Crippen LogP contribution in [0.3, 0.4) is 0 Å². The Labute approximate surface area is 133 Å². The van der Waals surface area contributed by atoms with E-state index in [2.05, 4.69) is 0 Å². The van der Waals surface area contributed by atoms with Gasteiger partial charge in [-0.25, -0.2) is 0 Å². The van der Waals surface area contributed by atoms with Crippen molar-refractivity contribution in [1.29, 1.82) is 0 Å². The molecule has 0 spiro atoms. The van der Waals surface area contributed by atoms with Gasteiger partial charge in [-0.3, -0.25) is 0 Å². The van der Waals surface area contributed by atoms with Crippen molar-refractivity contribution in [2.45, 2.75) is 0 Å². The largest absolute Gasteiger partial charge is 0.114 e. The van der Waals surface area contributed by atoms with Gasteiger partial charge in [-0.05, 0) is 0 Å². The minimum absolute atomic E-state index is 0. The summed E-state index contributed by atoms with van der Waals surface area (Å²) >= 11 is 0. The number of hydrogen-bond acceptors (Lipinski definition) is 0. The minimum atomic E-state index is 0. The first-order valence-electron chi connectivity index (χ1n) is 0. The maximum absolute atomic E-state index is 0. The molecule has 0 rings (SSSR count). The van der Waals surface area contributed by atoms with Crippen LogP contribution >= 0.6 is 41.0 Å². The van der Waals surface area contributed by atoms with E-state index >= 15 is 0 Å². The molecule has 4 heteroatoms. The SMILES string of the molecule is Br.I.[Cs].[Pb]. The van der Waals surface area contributed by atoms with Crippen molar-refractivity contribution in [3.05, 3.63) is 0 Å². The zero-order valence-electron chi connectivity index (χ0n) is 2.32. The van der Waals surface area contributed by atoms with E-state index in [4.69, 9.17) is 0 Å². The molecule has 0 aromatic carbocycles. The second-order valence-electron chi connectivity index (χ2n) is 0. The van der Waals surface area contributed by atoms with E-state index < -0.39 is 0 Å². The van der Waals surface area contributed by atoms with Crippen LogP contribution in [0, 0.1) is 0 Å². The third kappa shape index (κ3) is 9.49. The standard InChI is InChI=1S/BrH.Cs.HI.Pb/h1H;;1H;. The molecule has 5 radical (unpaired) electrons. The smallest absolute Gasteiger partial charge is 0 e. The molecule has 0 fully saturated rings. The normalized spacial score (nSPS) is 0. The minimum Gasteiger partial charge on any atom is -0.114 e. The molecule has 0 amide bonds. The van der Waals surface area contributed by atoms with Gasteiger partial charge in [0.15, 0.2) is 0 Å². The van der Waals surface area contributed by atoms with E-state index in [1.54, 1.807) is 0 Å². The molecule has 0 aliphatic heterocycles. The Morgan fingerprint density at radius 2 is 1.00 bits per heavy atom. The van der Waals surface area contributed by atoms with Crippen LogP contribution in [-0.4, -0.2) is 96.2 Å². The fourth-order valence-corrected chi connectivity index (χ4v) is 0. The van der Waals surface area contributed by atoms with Crippen molar-refractivity contribution in [1.82, 2.24) is 0 Å². The first-order chi connectivity index (χ1) is 0. The molecule has 0 N–H and O–H groups in total. The fraction of sp³-hybridized carbons (Fsp3) is 0. The van der Waals surface area contributed by atoms with Crippen LogP contribution in [-0.2, 0) is 0 Å². The summed E-state index contributed by atoms with van der Waals surface area (Å²) in [4.78, 5) is 0. The maximum atomic E-state index is 0. The Morgan fingerprint density at radius 3 is 1.00 bits per heavy atom. The summed E-state index contributed by atoms with van der Waals surface area (Å²) in [5.74, 6) is 0. The third-order valence-corrected chi connectivity index (χ3v) is 0. The van der Waals surface area contributed by atoms with Gasteiger partial charge in [-0.15, -0.1) is 41.0 Å². The Kier molecular flexibility index (Phi) is 94.7. The number of halogens is 2. The summed E-state index contributed by atoms with van der Waals surface area (Å²) < 4.78 is 0. The van der Waals surface area contributed by atoms with Crippen LogP contribution in [0.4, 0.5) is 0 Å². The summed E-state index contributed by atoms with van der Waals surface area (Å²) in [7, 11) is 0. The van der Waals surface area contributed by atoms with Gasteiger partial charge in [-0.1, -0.05) is 0 Å². The first kappa shape index (κ1) is 24.1. The molecule has 21 valence electrons. The van der Waals surface area contributed by atoms with Crippen molar-refractivity contribution in [3.63, 3.8) is 0 Å². The molecule has 0 bridgehead atoms. The molecule has 0 aromatic rings. The molecule has 0 heterocycles. The Balaban J connectivity index is 0. The first-order valence-corrected chi connectivity index (χ1v) is 0. The van der Waals surface area contributed by atoms with Crippen LogP contribution in [0.1, 0.15) is 0 Å². The Bertz CT molecular complexity index is 8.00. The van der Waals surface area contributed by atoms with E-state index in [-0.39, 0.29) is 137 Å². The number of hydrogen-bond donors (Lipinski definition) is 0. The number of rotatable bonds is 0. The third-order valence-electron chi connectivity index (χ3n) is 0. The van der Waals surface area contributed by atoms with Crippen molar-refractivity contribution in [2.75, 3.05) is 0 Å². The summed E-state index contributed by atoms with van der Waals surface area (Å²) in [6, 6.07) is 0. The Morgan fingerprint density at radius 1 is 1.00 bits per heavy atom. The van der Waals surface area contributed by atoms with Crippen LogP contribution < -0.4 is 0 Å². The van der Waals surface area contributed by atoms with Crippen molar-refractivity contribution in [2.24, 2.45) is 0 Å². The predicted octanol–water partition coefficient (Wildman–Crippen LogP) is 0.434. The van der Waals surface area contributed by atoms with Crippen LogP contribution in [0.15, 0.2) is 0 Å². The van der Waals surface area contributed by atoms with Gasteiger partial charge < -0.3 is 0 Å². The van der Waals surface area contributed by atoms with E-state index in [1.807, 2.05) is 0 Å². The monoisotopic (exact) mass is 549 g/mol. The van der Waals surface area contributed by atoms with Gasteiger partial charge in [0.1, 0.15) is 0 Å². The summed E-state index contributed by atoms with van der Waals surface area (Å²) in [6.45, 7) is 0. The van der Waals surface area contributed by atoms with Crippen LogP contribution in [0.25, 0.3) is 0 Å². The van der Waals surface area contributed by atoms with Gasteiger partial charge in [0, 0.05) is 96.2 Å². The van der Waals surface area contributed by atoms with Crippen molar-refractivity contribution in [3.8, 4) is 0 Å². The molecule has 0 aliphatic rings. The van der Waals surface area contributed by atoms with E-state index in [9.17, 15) is 0 Å². The van der Waals surface area contributed by atoms with Gasteiger partial charge in [0.2, 0.25) is 0 Å². The molecule has 0 aliphatic carbocycles. The molecular weight excluding hydrogens is 547 g/mol. The molecule has 0 unspecified atom stereocenters. The predicted molar refractivity (Wildman–Crippen MR) is 37.2 cm³/mol. The molecule has 4 heavy (non-hydrogen) atoms. The van der Waals surface area contributed by atoms with E-state index in [0.29, 0.717) is 0 Å². The average molecular weight is 549 g/mol. The fourth-order valence-electron chi connectivity index (χ4n) is 0. The average Bonchev–Trinajstić information content (AvgIpc) is 0. The topological polar surface area (TPSA) is 0 Å². The van der Waals surface area contributed by atoms with E-state index in [0.717, 1.165) is 0 Å². The quantitative estimate of drug-likeness (QED) is 0.304. The summed E-state index contributed by atoms with van der Waals surface area (Å²) in [5, 5.41) is 0. The zero-order chi connectivity index (χ0) is 0. The molecular formula is H2BrCsIPb. The van der Waals surface area contributed by atoms with Gasteiger partial charge in [0.25, 0.3) is 0 Å². The van der Waals surface area contributed by atoms with Gasteiger partial charge >= 0.3 is 0 Å². The molecule has 0 saturated heterocycles. The zero-order valence-corrected chi connectivity index (χ0v) is 16.5. The second kappa shape index (κ2) is 15.7. The Hall–Kier alpha value is 4.18. The van der Waals surface area contributed by atoms with Crippen LogP contribution in [0.2, 0.25) is 0 Å². The van der Waals surface area contributed by atoms with E-state index in [1.165, 1.54) is 0 Å². The molecule has 0 atom stereocenters. The molecule has 0 nitrogen and oxygen atoms in total. The van der Waals surface area contributed by atoms with Gasteiger partial charge in [0.05, 0.1) is 0 Å². The summed E-state index contributed by atoms with van der Waals surface area (Å²) in [6.07, 6.45) is 0. The molecule has 0 aromatic heterocycles. The summed E-state index contributed by atoms with van der Waals surface area (Å²) in [5.41, 5.74) is 0. The van der Waals surface area contributed by atoms with Crippen LogP contribution in [0.5, 0.6) is 0 Å². The van der Waals surface area contributed by atoms with Gasteiger partial charge in [-0.2, -0.15) is 0 Å². The molecule has 0 saturated carbocycles. The van der Waals surface area contributed by atoms with Crippen molar-refractivity contribution >= 4 is 137 Å². The maximum Gasteiger partial charge on any atom is 0 e. The second-order valence-corrected chi connectivity index (χ2v) is 0. The van der Waals surface area contributed by atoms with Crippen molar-refractivity contribution < 1.29 is 0 Å².